The van der Waals surface area contributed by atoms with Crippen molar-refractivity contribution in [1.29, 1.82) is 0 Å². The van der Waals surface area contributed by atoms with E-state index in [0.29, 0.717) is 17.1 Å². The molecule has 0 bridgehead atoms. The zero-order valence-corrected chi connectivity index (χ0v) is 14.6. The fraction of sp³-hybridized carbons (Fsp3) is 0.0909. The Morgan fingerprint density at radius 3 is 2.33 bits per heavy atom. The number of benzene rings is 3. The average Bonchev–Trinajstić information content (AvgIpc) is 3.05. The Bertz CT molecular complexity index is 1140. The van der Waals surface area contributed by atoms with Crippen LogP contribution in [0.4, 0.5) is 0 Å². The number of carbonyl (C=O) groups excluding carboxylic acids is 2. The maximum atomic E-state index is 12.1. The molecule has 0 saturated heterocycles. The molecule has 0 unspecified atom stereocenters. The number of ketones is 1. The molecule has 4 rings (SSSR count). The lowest BCUT2D eigenvalue weighted by Crippen LogP contribution is -2.17. The molecular formula is C22H16O5. The van der Waals surface area contributed by atoms with Crippen LogP contribution in [0, 0.1) is 0 Å². The van der Waals surface area contributed by atoms with E-state index in [1.807, 2.05) is 24.3 Å². The summed E-state index contributed by atoms with van der Waals surface area (Å²) in [5, 5.41) is 1.85. The van der Waals surface area contributed by atoms with E-state index < -0.39 is 5.97 Å². The number of ether oxygens (including phenoxy) is 2. The first-order valence-corrected chi connectivity index (χ1v) is 8.46. The first-order valence-electron chi connectivity index (χ1n) is 8.46. The lowest BCUT2D eigenvalue weighted by atomic mass is 10.1. The molecule has 27 heavy (non-hydrogen) atoms. The Hall–Kier alpha value is -3.60. The summed E-state index contributed by atoms with van der Waals surface area (Å²) in [4.78, 5) is 23.3. The van der Waals surface area contributed by atoms with Crippen molar-refractivity contribution in [2.24, 2.45) is 0 Å². The van der Waals surface area contributed by atoms with E-state index >= 15 is 0 Å². The normalized spacial score (nSPS) is 10.9. The average molecular weight is 360 g/mol. The smallest absolute Gasteiger partial charge is 0.349 e. The van der Waals surface area contributed by atoms with Crippen LogP contribution in [-0.4, -0.2) is 18.4 Å². The maximum absolute atomic E-state index is 12.1. The van der Waals surface area contributed by atoms with Gasteiger partial charge in [0.25, 0.3) is 0 Å². The fourth-order valence-corrected chi connectivity index (χ4v) is 2.86. The van der Waals surface area contributed by atoms with Gasteiger partial charge in [-0.25, -0.2) is 4.79 Å². The highest BCUT2D eigenvalue weighted by molar-refractivity contribution is 6.05. The van der Waals surface area contributed by atoms with Gasteiger partial charge in [-0.05, 0) is 55.5 Å². The Morgan fingerprint density at radius 1 is 0.852 bits per heavy atom. The third-order valence-electron chi connectivity index (χ3n) is 4.20. The molecule has 134 valence electrons. The summed E-state index contributed by atoms with van der Waals surface area (Å²) < 4.78 is 16.5. The van der Waals surface area contributed by atoms with Crippen molar-refractivity contribution in [3.05, 3.63) is 72.3 Å². The van der Waals surface area contributed by atoms with Crippen LogP contribution < -0.4 is 9.47 Å². The second kappa shape index (κ2) is 6.96. The molecular weight excluding hydrogens is 344 g/mol. The molecule has 0 aliphatic heterocycles. The second-order valence-corrected chi connectivity index (χ2v) is 6.10. The van der Waals surface area contributed by atoms with Gasteiger partial charge < -0.3 is 13.9 Å². The van der Waals surface area contributed by atoms with Gasteiger partial charge in [-0.2, -0.15) is 0 Å². The summed E-state index contributed by atoms with van der Waals surface area (Å²) in [6.07, 6.45) is 0. The molecule has 0 radical (unpaired) electrons. The first kappa shape index (κ1) is 16.8. The molecule has 0 aliphatic rings. The minimum atomic E-state index is -0.516. The highest BCUT2D eigenvalue weighted by atomic mass is 16.6. The van der Waals surface area contributed by atoms with Crippen molar-refractivity contribution in [2.45, 2.75) is 6.92 Å². The minimum absolute atomic E-state index is 0.0249. The number of Topliss-reactive ketones (excluding diaryl/α,β-unsaturated/α-hetero) is 1. The van der Waals surface area contributed by atoms with E-state index in [1.54, 1.807) is 42.5 Å². The van der Waals surface area contributed by atoms with E-state index in [4.69, 9.17) is 13.9 Å². The zero-order chi connectivity index (χ0) is 18.8. The first-order chi connectivity index (χ1) is 13.1. The molecule has 0 N–H and O–H groups in total. The van der Waals surface area contributed by atoms with Gasteiger partial charge in [-0.1, -0.05) is 18.2 Å². The highest BCUT2D eigenvalue weighted by Crippen LogP contribution is 2.31. The van der Waals surface area contributed by atoms with Crippen LogP contribution in [0.1, 0.15) is 17.3 Å². The van der Waals surface area contributed by atoms with E-state index in [9.17, 15) is 9.59 Å². The van der Waals surface area contributed by atoms with Crippen LogP contribution in [-0.2, 0) is 4.79 Å². The van der Waals surface area contributed by atoms with Gasteiger partial charge in [-0.3, -0.25) is 4.79 Å². The van der Waals surface area contributed by atoms with Crippen LogP contribution in [0.3, 0.4) is 0 Å². The summed E-state index contributed by atoms with van der Waals surface area (Å²) in [7, 11) is 0. The molecule has 0 spiro atoms. The molecule has 0 saturated carbocycles. The van der Waals surface area contributed by atoms with E-state index in [1.165, 1.54) is 6.92 Å². The monoisotopic (exact) mass is 360 g/mol. The van der Waals surface area contributed by atoms with Crippen molar-refractivity contribution < 1.29 is 23.5 Å². The summed E-state index contributed by atoms with van der Waals surface area (Å²) >= 11 is 0. The molecule has 5 heteroatoms. The summed E-state index contributed by atoms with van der Waals surface area (Å²) in [5.74, 6) is 0.378. The summed E-state index contributed by atoms with van der Waals surface area (Å²) in [5.41, 5.74) is 2.11. The number of fused-ring (bicyclic) bond motifs is 3. The van der Waals surface area contributed by atoms with Gasteiger partial charge >= 0.3 is 5.97 Å². The van der Waals surface area contributed by atoms with Crippen LogP contribution in [0.2, 0.25) is 0 Å². The number of esters is 1. The molecule has 1 aromatic heterocycles. The van der Waals surface area contributed by atoms with Gasteiger partial charge in [0, 0.05) is 16.3 Å². The molecule has 0 aliphatic carbocycles. The predicted octanol–water partition coefficient (Wildman–Crippen LogP) is 4.77. The van der Waals surface area contributed by atoms with Gasteiger partial charge in [-0.15, -0.1) is 0 Å². The Kier molecular flexibility index (Phi) is 4.34. The molecule has 0 amide bonds. The van der Waals surface area contributed by atoms with Crippen LogP contribution in [0.5, 0.6) is 11.5 Å². The van der Waals surface area contributed by atoms with Crippen LogP contribution >= 0.6 is 0 Å². The maximum Gasteiger partial charge on any atom is 0.349 e. The largest absolute Gasteiger partial charge is 0.482 e. The van der Waals surface area contributed by atoms with Gasteiger partial charge in [0.2, 0.25) is 0 Å². The van der Waals surface area contributed by atoms with Crippen molar-refractivity contribution >= 4 is 33.7 Å². The zero-order valence-electron chi connectivity index (χ0n) is 14.6. The summed E-state index contributed by atoms with van der Waals surface area (Å²) in [6, 6.07) is 19.5. The number of rotatable bonds is 5. The van der Waals surface area contributed by atoms with E-state index in [0.717, 1.165) is 21.9 Å². The lowest BCUT2D eigenvalue weighted by molar-refractivity contribution is -0.136. The van der Waals surface area contributed by atoms with Gasteiger partial charge in [0.05, 0.1) is 0 Å². The molecule has 5 nitrogen and oxygen atoms in total. The van der Waals surface area contributed by atoms with E-state index in [2.05, 4.69) is 0 Å². The molecule has 3 aromatic carbocycles. The Balaban J connectivity index is 1.44. The quantitative estimate of drug-likeness (QED) is 0.291. The van der Waals surface area contributed by atoms with Crippen molar-refractivity contribution in [3.63, 3.8) is 0 Å². The summed E-state index contributed by atoms with van der Waals surface area (Å²) in [6.45, 7) is 1.26. The van der Waals surface area contributed by atoms with Crippen molar-refractivity contribution in [3.8, 4) is 11.5 Å². The fourth-order valence-electron chi connectivity index (χ4n) is 2.86. The van der Waals surface area contributed by atoms with Crippen LogP contribution in [0.15, 0.2) is 71.1 Å². The number of furan rings is 1. The number of carbonyl (C=O) groups is 2. The molecule has 4 aromatic rings. The minimum Gasteiger partial charge on any atom is -0.482 e. The van der Waals surface area contributed by atoms with Gasteiger partial charge in [0.15, 0.2) is 12.4 Å². The highest BCUT2D eigenvalue weighted by Gasteiger charge is 2.11. The number of hydrogen-bond donors (Lipinski definition) is 0. The van der Waals surface area contributed by atoms with Crippen molar-refractivity contribution in [2.75, 3.05) is 6.61 Å². The molecule has 0 fully saturated rings. The predicted molar refractivity (Wildman–Crippen MR) is 101 cm³/mol. The third kappa shape index (κ3) is 3.53. The second-order valence-electron chi connectivity index (χ2n) is 6.10. The van der Waals surface area contributed by atoms with Crippen molar-refractivity contribution in [1.82, 2.24) is 0 Å². The standard InChI is InChI=1S/C22H16O5/c1-14(23)15-6-8-16(9-7-15)25-13-22(24)26-17-10-11-21-19(12-17)18-4-2-3-5-20(18)27-21/h2-12H,13H2,1H3. The van der Waals surface area contributed by atoms with Gasteiger partial charge in [0.1, 0.15) is 22.7 Å². The molecule has 1 heterocycles. The SMILES string of the molecule is CC(=O)c1ccc(OCC(=O)Oc2ccc3oc4ccccc4c3c2)cc1. The number of hydrogen-bond acceptors (Lipinski definition) is 5. The third-order valence-corrected chi connectivity index (χ3v) is 4.20. The Morgan fingerprint density at radius 2 is 1.56 bits per heavy atom. The van der Waals surface area contributed by atoms with E-state index in [-0.39, 0.29) is 12.4 Å². The Labute approximate surface area is 155 Å². The topological polar surface area (TPSA) is 65.7 Å². The number of para-hydroxylation sites is 1. The van der Waals surface area contributed by atoms with Crippen LogP contribution in [0.25, 0.3) is 21.9 Å². The molecule has 0 atom stereocenters. The lowest BCUT2D eigenvalue weighted by Gasteiger charge is -2.07.